The Morgan fingerprint density at radius 1 is 1.09 bits per heavy atom. The van der Waals surface area contributed by atoms with Crippen molar-refractivity contribution in [3.63, 3.8) is 0 Å². The molecule has 1 aromatic carbocycles. The average Bonchev–Trinajstić information content (AvgIpc) is 2.86. The van der Waals surface area contributed by atoms with Gasteiger partial charge in [-0.15, -0.1) is 0 Å². The van der Waals surface area contributed by atoms with Crippen LogP contribution in [0, 0.1) is 5.41 Å². The molecule has 1 aliphatic carbocycles. The third-order valence-electron chi connectivity index (χ3n) is 6.06. The molecule has 3 rings (SSSR count). The number of hydrogen-bond donors (Lipinski definition) is 1. The first kappa shape index (κ1) is 29.8. The standard InChI is InChI=1S/C22H26ClF2N3O2.2C2H6/c1-21(2)7-9-22(10-8-21,14-11-26-19(18(24)25)27-12-14)13-28-20(29)15-5-4-6-16(30-3)17(15)23;2*1-2/h4-6,11-12,18H,7-10,13H2,1-3H3,(H,28,29);2*1-2H3. The molecule has 0 bridgehead atoms. The number of nitrogens with zero attached hydrogens (tertiary/aromatic N) is 2. The number of alkyl halides is 2. The summed E-state index contributed by atoms with van der Waals surface area (Å²) in [6, 6.07) is 5.03. The highest BCUT2D eigenvalue weighted by Crippen LogP contribution is 2.46. The maximum atomic E-state index is 12.9. The van der Waals surface area contributed by atoms with Gasteiger partial charge in [0.1, 0.15) is 5.75 Å². The van der Waals surface area contributed by atoms with Crippen LogP contribution in [0.25, 0.3) is 0 Å². The smallest absolute Gasteiger partial charge is 0.297 e. The number of aromatic nitrogens is 2. The fourth-order valence-corrected chi connectivity index (χ4v) is 4.17. The van der Waals surface area contributed by atoms with E-state index in [0.717, 1.165) is 31.2 Å². The van der Waals surface area contributed by atoms with Gasteiger partial charge in [0, 0.05) is 24.4 Å². The summed E-state index contributed by atoms with van der Waals surface area (Å²) in [5, 5.41) is 3.23. The molecule has 1 aromatic heterocycles. The molecule has 0 unspecified atom stereocenters. The maximum Gasteiger partial charge on any atom is 0.297 e. The predicted octanol–water partition coefficient (Wildman–Crippen LogP) is 7.40. The van der Waals surface area contributed by atoms with Crippen LogP contribution in [0.2, 0.25) is 5.02 Å². The number of amides is 1. The number of halogens is 3. The molecule has 190 valence electrons. The summed E-state index contributed by atoms with van der Waals surface area (Å²) in [5.74, 6) is -0.375. The number of ether oxygens (including phenoxy) is 1. The lowest BCUT2D eigenvalue weighted by Gasteiger charge is -2.43. The molecule has 34 heavy (non-hydrogen) atoms. The zero-order valence-corrected chi connectivity index (χ0v) is 22.1. The monoisotopic (exact) mass is 497 g/mol. The van der Waals surface area contributed by atoms with Crippen LogP contribution in [0.3, 0.4) is 0 Å². The third-order valence-corrected chi connectivity index (χ3v) is 6.45. The Hall–Kier alpha value is -2.28. The van der Waals surface area contributed by atoms with E-state index in [-0.39, 0.29) is 16.3 Å². The molecule has 1 fully saturated rings. The van der Waals surface area contributed by atoms with Gasteiger partial charge in [-0.25, -0.2) is 18.7 Å². The minimum absolute atomic E-state index is 0.188. The summed E-state index contributed by atoms with van der Waals surface area (Å²) < 4.78 is 30.9. The number of benzene rings is 1. The third kappa shape index (κ3) is 7.36. The van der Waals surface area contributed by atoms with Crippen molar-refractivity contribution in [2.45, 2.75) is 79.1 Å². The maximum absolute atomic E-state index is 12.9. The molecule has 5 nitrogen and oxygen atoms in total. The first-order chi connectivity index (χ1) is 16.2. The summed E-state index contributed by atoms with van der Waals surface area (Å²) in [6.07, 6.45) is 3.70. The zero-order valence-electron chi connectivity index (χ0n) is 21.3. The summed E-state index contributed by atoms with van der Waals surface area (Å²) in [7, 11) is 1.49. The van der Waals surface area contributed by atoms with Gasteiger partial charge >= 0.3 is 0 Å². The van der Waals surface area contributed by atoms with Gasteiger partial charge < -0.3 is 10.1 Å². The Balaban J connectivity index is 0.00000137. The second-order valence-electron chi connectivity index (χ2n) is 8.58. The van der Waals surface area contributed by atoms with Crippen molar-refractivity contribution in [2.75, 3.05) is 13.7 Å². The highest BCUT2D eigenvalue weighted by atomic mass is 35.5. The van der Waals surface area contributed by atoms with E-state index in [2.05, 4.69) is 29.1 Å². The molecule has 8 heteroatoms. The normalized spacial score (nSPS) is 15.9. The van der Waals surface area contributed by atoms with Gasteiger partial charge in [-0.2, -0.15) is 0 Å². The van der Waals surface area contributed by atoms with Crippen LogP contribution >= 0.6 is 11.6 Å². The van der Waals surface area contributed by atoms with Crippen molar-refractivity contribution >= 4 is 17.5 Å². The lowest BCUT2D eigenvalue weighted by atomic mass is 9.63. The molecule has 1 amide bonds. The van der Waals surface area contributed by atoms with Crippen molar-refractivity contribution in [2.24, 2.45) is 5.41 Å². The molecular weight excluding hydrogens is 460 g/mol. The summed E-state index contributed by atoms with van der Waals surface area (Å²) in [6.45, 7) is 12.8. The molecule has 2 aromatic rings. The molecule has 1 heterocycles. The molecule has 1 N–H and O–H groups in total. The first-order valence-electron chi connectivity index (χ1n) is 11.9. The number of hydrogen-bond acceptors (Lipinski definition) is 4. The molecule has 1 aliphatic rings. The Morgan fingerprint density at radius 3 is 2.15 bits per heavy atom. The van der Waals surface area contributed by atoms with Gasteiger partial charge in [0.2, 0.25) is 0 Å². The van der Waals surface area contributed by atoms with E-state index >= 15 is 0 Å². The van der Waals surface area contributed by atoms with Gasteiger partial charge in [-0.05, 0) is 48.8 Å². The highest BCUT2D eigenvalue weighted by molar-refractivity contribution is 6.35. The first-order valence-corrected chi connectivity index (χ1v) is 12.3. The molecule has 0 atom stereocenters. The van der Waals surface area contributed by atoms with E-state index in [4.69, 9.17) is 16.3 Å². The van der Waals surface area contributed by atoms with Gasteiger partial charge in [0.25, 0.3) is 12.3 Å². The van der Waals surface area contributed by atoms with Crippen LogP contribution in [0.5, 0.6) is 5.75 Å². The van der Waals surface area contributed by atoms with Crippen LogP contribution in [-0.2, 0) is 5.41 Å². The van der Waals surface area contributed by atoms with Crippen LogP contribution in [-0.4, -0.2) is 29.5 Å². The second-order valence-corrected chi connectivity index (χ2v) is 8.96. The SMILES string of the molecule is CC.CC.COc1cccc(C(=O)NCC2(c3cnc(C(F)F)nc3)CCC(C)(C)CC2)c1Cl. The number of carbonyl (C=O) groups is 1. The lowest BCUT2D eigenvalue weighted by molar-refractivity contribution is 0.0920. The Labute approximate surface area is 207 Å². The summed E-state index contributed by atoms with van der Waals surface area (Å²) in [5.41, 5.74) is 0.857. The van der Waals surface area contributed by atoms with Crippen molar-refractivity contribution in [1.29, 1.82) is 0 Å². The summed E-state index contributed by atoms with van der Waals surface area (Å²) in [4.78, 5) is 20.5. The quantitative estimate of drug-likeness (QED) is 0.451. The van der Waals surface area contributed by atoms with E-state index < -0.39 is 17.7 Å². The fourth-order valence-electron chi connectivity index (χ4n) is 3.89. The van der Waals surface area contributed by atoms with Crippen LogP contribution in [0.4, 0.5) is 8.78 Å². The highest BCUT2D eigenvalue weighted by Gasteiger charge is 2.40. The van der Waals surface area contributed by atoms with Crippen molar-refractivity contribution in [3.8, 4) is 5.75 Å². The number of nitrogens with one attached hydrogen (secondary N) is 1. The van der Waals surface area contributed by atoms with E-state index in [1.165, 1.54) is 19.5 Å². The minimum Gasteiger partial charge on any atom is -0.495 e. The Morgan fingerprint density at radius 2 is 1.65 bits per heavy atom. The molecule has 0 spiro atoms. The predicted molar refractivity (Wildman–Crippen MR) is 134 cm³/mol. The number of rotatable bonds is 6. The van der Waals surface area contributed by atoms with Crippen molar-refractivity contribution in [1.82, 2.24) is 15.3 Å². The van der Waals surface area contributed by atoms with Gasteiger partial charge in [-0.1, -0.05) is 59.2 Å². The molecule has 1 saturated carbocycles. The average molecular weight is 498 g/mol. The van der Waals surface area contributed by atoms with E-state index in [9.17, 15) is 13.6 Å². The van der Waals surface area contributed by atoms with Gasteiger partial charge in [0.15, 0.2) is 5.82 Å². The Bertz CT molecular complexity index is 895. The van der Waals surface area contributed by atoms with E-state index in [1.54, 1.807) is 18.2 Å². The second kappa shape index (κ2) is 13.6. The van der Waals surface area contributed by atoms with Crippen LogP contribution in [0.15, 0.2) is 30.6 Å². The van der Waals surface area contributed by atoms with E-state index in [0.29, 0.717) is 17.9 Å². The minimum atomic E-state index is -2.71. The molecule has 0 aliphatic heterocycles. The van der Waals surface area contributed by atoms with E-state index in [1.807, 2.05) is 27.7 Å². The lowest BCUT2D eigenvalue weighted by Crippen LogP contribution is -2.45. The summed E-state index contributed by atoms with van der Waals surface area (Å²) >= 11 is 6.28. The zero-order chi connectivity index (χ0) is 25.9. The van der Waals surface area contributed by atoms with Gasteiger partial charge in [0.05, 0.1) is 17.7 Å². The van der Waals surface area contributed by atoms with Crippen LogP contribution < -0.4 is 10.1 Å². The number of methoxy groups -OCH3 is 1. The topological polar surface area (TPSA) is 64.1 Å². The Kier molecular flexibility index (Phi) is 11.9. The van der Waals surface area contributed by atoms with Gasteiger partial charge in [-0.3, -0.25) is 4.79 Å². The van der Waals surface area contributed by atoms with Crippen molar-refractivity contribution < 1.29 is 18.3 Å². The van der Waals surface area contributed by atoms with Crippen molar-refractivity contribution in [3.05, 3.63) is 52.6 Å². The molecule has 0 saturated heterocycles. The fraction of sp³-hybridized carbons (Fsp3) is 0.577. The molecule has 0 radical (unpaired) electrons. The number of carbonyl (C=O) groups excluding carboxylic acids is 1. The largest absolute Gasteiger partial charge is 0.495 e. The van der Waals surface area contributed by atoms with Crippen LogP contribution in [0.1, 0.15) is 95.4 Å². The molecular formula is C26H38ClF2N3O2.